The number of carbonyl (C=O) groups excluding carboxylic acids is 1. The average Bonchev–Trinajstić information content (AvgIpc) is 2.50. The molecular formula is C19H20O. The lowest BCUT2D eigenvalue weighted by Crippen LogP contribution is -2.13. The van der Waals surface area contributed by atoms with E-state index < -0.39 is 0 Å². The Morgan fingerprint density at radius 1 is 0.950 bits per heavy atom. The molecule has 0 N–H and O–H groups in total. The van der Waals surface area contributed by atoms with Gasteiger partial charge in [-0.1, -0.05) is 66.7 Å². The SMILES string of the molecule is C=CCCCC(=O)C(c1ccccc1)c1ccccc1. The zero-order valence-corrected chi connectivity index (χ0v) is 11.7. The predicted octanol–water partition coefficient (Wildman–Crippen LogP) is 4.74. The lowest BCUT2D eigenvalue weighted by molar-refractivity contribution is -0.119. The van der Waals surface area contributed by atoms with Crippen molar-refractivity contribution in [3.8, 4) is 0 Å². The summed E-state index contributed by atoms with van der Waals surface area (Å²) < 4.78 is 0. The first kappa shape index (κ1) is 14.3. The van der Waals surface area contributed by atoms with Gasteiger partial charge in [0.2, 0.25) is 0 Å². The van der Waals surface area contributed by atoms with Crippen molar-refractivity contribution in [2.45, 2.75) is 25.2 Å². The zero-order valence-electron chi connectivity index (χ0n) is 11.7. The van der Waals surface area contributed by atoms with Gasteiger partial charge in [0, 0.05) is 6.42 Å². The van der Waals surface area contributed by atoms with Gasteiger partial charge in [-0.3, -0.25) is 4.79 Å². The van der Waals surface area contributed by atoms with E-state index in [0.29, 0.717) is 6.42 Å². The van der Waals surface area contributed by atoms with Crippen LogP contribution in [-0.2, 0) is 4.79 Å². The highest BCUT2D eigenvalue weighted by Gasteiger charge is 2.21. The normalized spacial score (nSPS) is 10.4. The highest BCUT2D eigenvalue weighted by molar-refractivity contribution is 5.89. The standard InChI is InChI=1S/C19H20O/c1-2-3-6-15-18(20)19(16-11-7-4-8-12-16)17-13-9-5-10-14-17/h2,4-5,7-14,19H,1,3,6,15H2. The molecule has 102 valence electrons. The fraction of sp³-hybridized carbons (Fsp3) is 0.211. The zero-order chi connectivity index (χ0) is 14.2. The second-order valence-corrected chi connectivity index (χ2v) is 4.90. The van der Waals surface area contributed by atoms with E-state index in [-0.39, 0.29) is 11.7 Å². The minimum atomic E-state index is -0.151. The number of Topliss-reactive ketones (excluding diaryl/α,β-unsaturated/α-hetero) is 1. The van der Waals surface area contributed by atoms with Crippen LogP contribution in [-0.4, -0.2) is 5.78 Å². The number of benzene rings is 2. The third-order valence-electron chi connectivity index (χ3n) is 3.42. The molecular weight excluding hydrogens is 244 g/mol. The molecule has 2 aromatic rings. The molecule has 0 bridgehead atoms. The summed E-state index contributed by atoms with van der Waals surface area (Å²) in [5.41, 5.74) is 2.14. The van der Waals surface area contributed by atoms with Gasteiger partial charge in [0.15, 0.2) is 0 Å². The maximum absolute atomic E-state index is 12.6. The third-order valence-corrected chi connectivity index (χ3v) is 3.42. The molecule has 0 aliphatic rings. The first-order valence-electron chi connectivity index (χ1n) is 7.06. The van der Waals surface area contributed by atoms with Gasteiger partial charge in [-0.2, -0.15) is 0 Å². The fourth-order valence-corrected chi connectivity index (χ4v) is 2.42. The van der Waals surface area contributed by atoms with Crippen LogP contribution in [0.15, 0.2) is 73.3 Å². The monoisotopic (exact) mass is 264 g/mol. The van der Waals surface area contributed by atoms with E-state index in [1.165, 1.54) is 0 Å². The first-order valence-corrected chi connectivity index (χ1v) is 7.06. The van der Waals surface area contributed by atoms with Gasteiger partial charge < -0.3 is 0 Å². The molecule has 0 saturated heterocycles. The molecule has 1 heteroatoms. The minimum absolute atomic E-state index is 0.151. The van der Waals surface area contributed by atoms with E-state index in [4.69, 9.17) is 0 Å². The molecule has 0 atom stereocenters. The van der Waals surface area contributed by atoms with Gasteiger partial charge in [-0.15, -0.1) is 6.58 Å². The van der Waals surface area contributed by atoms with Crippen molar-refractivity contribution in [1.82, 2.24) is 0 Å². The molecule has 0 aliphatic heterocycles. The summed E-state index contributed by atoms with van der Waals surface area (Å²) in [5.74, 6) is 0.131. The van der Waals surface area contributed by atoms with Crippen molar-refractivity contribution in [3.63, 3.8) is 0 Å². The van der Waals surface area contributed by atoms with Crippen LogP contribution in [0.5, 0.6) is 0 Å². The number of unbranched alkanes of at least 4 members (excludes halogenated alkanes) is 1. The molecule has 0 fully saturated rings. The fourth-order valence-electron chi connectivity index (χ4n) is 2.42. The van der Waals surface area contributed by atoms with Crippen LogP contribution >= 0.6 is 0 Å². The van der Waals surface area contributed by atoms with Crippen LogP contribution in [0, 0.1) is 0 Å². The van der Waals surface area contributed by atoms with Gasteiger partial charge >= 0.3 is 0 Å². The number of hydrogen-bond donors (Lipinski definition) is 0. The lowest BCUT2D eigenvalue weighted by Gasteiger charge is -2.16. The average molecular weight is 264 g/mol. The van der Waals surface area contributed by atoms with Crippen LogP contribution in [0.25, 0.3) is 0 Å². The summed E-state index contributed by atoms with van der Waals surface area (Å²) in [6, 6.07) is 20.0. The van der Waals surface area contributed by atoms with Crippen LogP contribution in [0.2, 0.25) is 0 Å². The van der Waals surface area contributed by atoms with Crippen molar-refractivity contribution in [2.24, 2.45) is 0 Å². The topological polar surface area (TPSA) is 17.1 Å². The van der Waals surface area contributed by atoms with Gasteiger partial charge in [-0.25, -0.2) is 0 Å². The largest absolute Gasteiger partial charge is 0.299 e. The molecule has 0 unspecified atom stereocenters. The van der Waals surface area contributed by atoms with Crippen molar-refractivity contribution < 1.29 is 4.79 Å². The second kappa shape index (κ2) is 7.44. The van der Waals surface area contributed by atoms with Crippen molar-refractivity contribution >= 4 is 5.78 Å². The Balaban J connectivity index is 2.25. The van der Waals surface area contributed by atoms with Crippen LogP contribution in [0.1, 0.15) is 36.3 Å². The van der Waals surface area contributed by atoms with E-state index in [1.807, 2.05) is 66.7 Å². The predicted molar refractivity (Wildman–Crippen MR) is 83.8 cm³/mol. The van der Waals surface area contributed by atoms with Crippen molar-refractivity contribution in [2.75, 3.05) is 0 Å². The molecule has 20 heavy (non-hydrogen) atoms. The molecule has 2 rings (SSSR count). The lowest BCUT2D eigenvalue weighted by atomic mass is 9.86. The number of allylic oxidation sites excluding steroid dienone is 1. The Morgan fingerprint density at radius 3 is 1.90 bits per heavy atom. The Labute approximate surface area is 121 Å². The Morgan fingerprint density at radius 2 is 1.45 bits per heavy atom. The first-order chi connectivity index (χ1) is 9.83. The number of ketones is 1. The molecule has 0 aliphatic carbocycles. The summed E-state index contributed by atoms with van der Waals surface area (Å²) in [7, 11) is 0. The van der Waals surface area contributed by atoms with E-state index in [1.54, 1.807) is 0 Å². The van der Waals surface area contributed by atoms with Crippen LogP contribution < -0.4 is 0 Å². The third kappa shape index (κ3) is 3.67. The molecule has 2 aromatic carbocycles. The maximum Gasteiger partial charge on any atom is 0.144 e. The molecule has 0 saturated carbocycles. The maximum atomic E-state index is 12.6. The number of rotatable bonds is 7. The van der Waals surface area contributed by atoms with E-state index in [9.17, 15) is 4.79 Å². The second-order valence-electron chi connectivity index (χ2n) is 4.90. The van der Waals surface area contributed by atoms with Crippen LogP contribution in [0.4, 0.5) is 0 Å². The van der Waals surface area contributed by atoms with Gasteiger partial charge in [-0.05, 0) is 24.0 Å². The Hall–Kier alpha value is -2.15. The summed E-state index contributed by atoms with van der Waals surface area (Å²) in [4.78, 5) is 12.6. The molecule has 0 radical (unpaired) electrons. The summed E-state index contributed by atoms with van der Waals surface area (Å²) in [6.07, 6.45) is 4.23. The van der Waals surface area contributed by atoms with Gasteiger partial charge in [0.1, 0.15) is 5.78 Å². The van der Waals surface area contributed by atoms with Crippen LogP contribution in [0.3, 0.4) is 0 Å². The summed E-state index contributed by atoms with van der Waals surface area (Å²) >= 11 is 0. The van der Waals surface area contributed by atoms with Gasteiger partial charge in [0.05, 0.1) is 5.92 Å². The molecule has 0 spiro atoms. The summed E-state index contributed by atoms with van der Waals surface area (Å²) in [6.45, 7) is 3.71. The molecule has 0 heterocycles. The number of carbonyl (C=O) groups is 1. The highest BCUT2D eigenvalue weighted by atomic mass is 16.1. The van der Waals surface area contributed by atoms with Crippen molar-refractivity contribution in [1.29, 1.82) is 0 Å². The minimum Gasteiger partial charge on any atom is -0.299 e. The smallest absolute Gasteiger partial charge is 0.144 e. The molecule has 0 amide bonds. The Bertz CT molecular complexity index is 503. The van der Waals surface area contributed by atoms with Crippen molar-refractivity contribution in [3.05, 3.63) is 84.4 Å². The van der Waals surface area contributed by atoms with E-state index in [2.05, 4.69) is 6.58 Å². The molecule has 0 aromatic heterocycles. The molecule has 1 nitrogen and oxygen atoms in total. The quantitative estimate of drug-likeness (QED) is 0.521. The Kier molecular flexibility index (Phi) is 5.31. The van der Waals surface area contributed by atoms with Gasteiger partial charge in [0.25, 0.3) is 0 Å². The van der Waals surface area contributed by atoms with E-state index >= 15 is 0 Å². The summed E-state index contributed by atoms with van der Waals surface area (Å²) in [5, 5.41) is 0. The highest BCUT2D eigenvalue weighted by Crippen LogP contribution is 2.27. The van der Waals surface area contributed by atoms with E-state index in [0.717, 1.165) is 24.0 Å². The number of hydrogen-bond acceptors (Lipinski definition) is 1.